The molecule has 31 heavy (non-hydrogen) atoms. The summed E-state index contributed by atoms with van der Waals surface area (Å²) < 4.78 is 32.1. The molecule has 2 aromatic carbocycles. The van der Waals surface area contributed by atoms with Crippen molar-refractivity contribution in [3.63, 3.8) is 0 Å². The molecule has 1 aromatic heterocycles. The predicted octanol–water partition coefficient (Wildman–Crippen LogP) is 5.05. The smallest absolute Gasteiger partial charge is 0.180 e. The van der Waals surface area contributed by atoms with E-state index < -0.39 is 9.84 Å². The van der Waals surface area contributed by atoms with Gasteiger partial charge in [-0.3, -0.25) is 0 Å². The zero-order valence-corrected chi connectivity index (χ0v) is 18.7. The van der Waals surface area contributed by atoms with Crippen molar-refractivity contribution in [2.24, 2.45) is 0 Å². The second-order valence-electron chi connectivity index (χ2n) is 8.73. The zero-order valence-electron chi connectivity index (χ0n) is 17.9. The van der Waals surface area contributed by atoms with Crippen molar-refractivity contribution in [2.75, 3.05) is 17.2 Å². The lowest BCUT2D eigenvalue weighted by molar-refractivity contribution is 0.157. The van der Waals surface area contributed by atoms with Crippen LogP contribution in [0.25, 0.3) is 10.9 Å². The summed E-state index contributed by atoms with van der Waals surface area (Å²) in [6.45, 7) is 3.00. The summed E-state index contributed by atoms with van der Waals surface area (Å²) in [6, 6.07) is 15.5. The summed E-state index contributed by atoms with van der Waals surface area (Å²) in [5.74, 6) is 1.71. The Balaban J connectivity index is 1.56. The number of rotatable bonds is 3. The Morgan fingerprint density at radius 2 is 1.84 bits per heavy atom. The number of nitrogens with zero attached hydrogens (tertiary/aromatic N) is 2. The Bertz CT molecular complexity index is 1220. The number of pyridine rings is 1. The largest absolute Gasteiger partial charge is 0.490 e. The molecule has 1 saturated carbocycles. The van der Waals surface area contributed by atoms with E-state index in [2.05, 4.69) is 24.0 Å². The first kappa shape index (κ1) is 20.3. The first-order valence-corrected chi connectivity index (χ1v) is 12.8. The Kier molecular flexibility index (Phi) is 5.34. The summed E-state index contributed by atoms with van der Waals surface area (Å²) >= 11 is 0. The lowest BCUT2D eigenvalue weighted by Gasteiger charge is -2.26. The molecule has 0 amide bonds. The summed E-state index contributed by atoms with van der Waals surface area (Å²) in [7, 11) is -3.30. The minimum absolute atomic E-state index is 0.0798. The molecule has 0 N–H and O–H groups in total. The summed E-state index contributed by atoms with van der Waals surface area (Å²) in [4.78, 5) is 7.41. The van der Waals surface area contributed by atoms with Crippen LogP contribution in [0, 0.1) is 6.92 Å². The van der Waals surface area contributed by atoms with Crippen LogP contribution in [0.3, 0.4) is 0 Å². The van der Waals surface area contributed by atoms with E-state index in [-0.39, 0.29) is 11.9 Å². The third kappa shape index (κ3) is 4.13. The zero-order chi connectivity index (χ0) is 21.4. The Morgan fingerprint density at radius 3 is 2.68 bits per heavy atom. The average molecular weight is 437 g/mol. The van der Waals surface area contributed by atoms with Crippen LogP contribution in [0.2, 0.25) is 0 Å². The molecule has 6 heteroatoms. The predicted molar refractivity (Wildman–Crippen MR) is 124 cm³/mol. The van der Waals surface area contributed by atoms with Crippen molar-refractivity contribution in [1.29, 1.82) is 0 Å². The molecule has 1 aliphatic carbocycles. The first-order chi connectivity index (χ1) is 15.0. The van der Waals surface area contributed by atoms with Gasteiger partial charge < -0.3 is 9.64 Å². The summed E-state index contributed by atoms with van der Waals surface area (Å²) in [6.07, 6.45) is 6.10. The second-order valence-corrected chi connectivity index (χ2v) is 10.8. The van der Waals surface area contributed by atoms with Crippen LogP contribution < -0.4 is 9.64 Å². The van der Waals surface area contributed by atoms with E-state index in [1.165, 1.54) is 24.8 Å². The topological polar surface area (TPSA) is 59.5 Å². The molecule has 0 atom stereocenters. The lowest BCUT2D eigenvalue weighted by atomic mass is 9.97. The van der Waals surface area contributed by atoms with Crippen LogP contribution in [-0.2, 0) is 16.4 Å². The highest BCUT2D eigenvalue weighted by molar-refractivity contribution is 7.91. The van der Waals surface area contributed by atoms with Gasteiger partial charge in [0.15, 0.2) is 9.84 Å². The maximum Gasteiger partial charge on any atom is 0.180 e. The Morgan fingerprint density at radius 1 is 1.03 bits per heavy atom. The number of ether oxygens (including phenoxy) is 1. The molecule has 162 valence electrons. The van der Waals surface area contributed by atoms with Gasteiger partial charge in [-0.25, -0.2) is 13.4 Å². The van der Waals surface area contributed by atoms with E-state index in [1.807, 2.05) is 24.3 Å². The van der Waals surface area contributed by atoms with Gasteiger partial charge in [0.05, 0.1) is 22.3 Å². The third-order valence-corrected chi connectivity index (χ3v) is 8.17. The number of aryl methyl sites for hydroxylation is 1. The van der Waals surface area contributed by atoms with Crippen LogP contribution in [0.1, 0.15) is 43.2 Å². The molecule has 1 fully saturated rings. The van der Waals surface area contributed by atoms with Crippen molar-refractivity contribution in [3.8, 4) is 5.75 Å². The van der Waals surface area contributed by atoms with Gasteiger partial charge >= 0.3 is 0 Å². The molecule has 0 bridgehead atoms. The highest BCUT2D eigenvalue weighted by atomic mass is 32.2. The van der Waals surface area contributed by atoms with Gasteiger partial charge in [-0.05, 0) is 56.4 Å². The molecule has 5 rings (SSSR count). The van der Waals surface area contributed by atoms with Crippen molar-refractivity contribution < 1.29 is 13.2 Å². The third-order valence-electron chi connectivity index (χ3n) is 6.38. The van der Waals surface area contributed by atoms with E-state index in [4.69, 9.17) is 9.72 Å². The monoisotopic (exact) mass is 436 g/mol. The molecule has 0 radical (unpaired) electrons. The van der Waals surface area contributed by atoms with Gasteiger partial charge in [0.25, 0.3) is 0 Å². The lowest BCUT2D eigenvalue weighted by Crippen LogP contribution is -2.27. The second kappa shape index (κ2) is 8.15. The fourth-order valence-corrected chi connectivity index (χ4v) is 6.17. The van der Waals surface area contributed by atoms with Crippen LogP contribution in [0.4, 0.5) is 5.82 Å². The van der Waals surface area contributed by atoms with E-state index in [0.717, 1.165) is 40.9 Å². The highest BCUT2D eigenvalue weighted by Gasteiger charge is 2.26. The molecule has 1 aliphatic heterocycles. The maximum absolute atomic E-state index is 12.8. The number of hydrogen-bond donors (Lipinski definition) is 0. The van der Waals surface area contributed by atoms with Crippen molar-refractivity contribution in [1.82, 2.24) is 4.98 Å². The van der Waals surface area contributed by atoms with Crippen LogP contribution >= 0.6 is 0 Å². The molecular formula is C25H28N2O3S. The number of fused-ring (bicyclic) bond motifs is 2. The number of hydrogen-bond acceptors (Lipinski definition) is 5. The molecule has 2 aliphatic rings. The quantitative estimate of drug-likeness (QED) is 0.575. The molecule has 0 unspecified atom stereocenters. The van der Waals surface area contributed by atoms with Crippen LogP contribution in [0.5, 0.6) is 5.75 Å². The summed E-state index contributed by atoms with van der Waals surface area (Å²) in [5, 5.41) is 1.03. The standard InChI is InChI=1S/C25H28N2O3S/c1-18-11-12-22-21(15-18)23(30-20-8-3-2-4-9-20)16-25(26-22)27-13-14-31(28,29)24-10-6-5-7-19(24)17-27/h5-7,10-12,15-16,20H,2-4,8-9,13-14,17H2,1H3. The minimum Gasteiger partial charge on any atom is -0.490 e. The van der Waals surface area contributed by atoms with Gasteiger partial charge in [-0.2, -0.15) is 0 Å². The van der Waals surface area contributed by atoms with Gasteiger partial charge in [0.1, 0.15) is 11.6 Å². The molecule has 2 heterocycles. The number of sulfone groups is 1. The van der Waals surface area contributed by atoms with Gasteiger partial charge in [0, 0.05) is 24.5 Å². The van der Waals surface area contributed by atoms with Crippen LogP contribution in [-0.4, -0.2) is 31.8 Å². The molecule has 5 nitrogen and oxygen atoms in total. The number of benzene rings is 2. The fourth-order valence-electron chi connectivity index (χ4n) is 4.68. The first-order valence-electron chi connectivity index (χ1n) is 11.1. The van der Waals surface area contributed by atoms with Crippen molar-refractivity contribution >= 4 is 26.6 Å². The van der Waals surface area contributed by atoms with E-state index in [1.54, 1.807) is 12.1 Å². The SMILES string of the molecule is Cc1ccc2nc(N3CCS(=O)(=O)c4ccccc4C3)cc(OC3CCCCC3)c2c1. The van der Waals surface area contributed by atoms with Crippen molar-refractivity contribution in [3.05, 3.63) is 59.7 Å². The molecular weight excluding hydrogens is 408 g/mol. The van der Waals surface area contributed by atoms with Gasteiger partial charge in [0.2, 0.25) is 0 Å². The average Bonchev–Trinajstić information content (AvgIpc) is 2.91. The summed E-state index contributed by atoms with van der Waals surface area (Å²) in [5.41, 5.74) is 2.88. The fraction of sp³-hybridized carbons (Fsp3) is 0.400. The van der Waals surface area contributed by atoms with Gasteiger partial charge in [-0.1, -0.05) is 36.2 Å². The highest BCUT2D eigenvalue weighted by Crippen LogP contribution is 2.34. The van der Waals surface area contributed by atoms with E-state index >= 15 is 0 Å². The molecule has 3 aromatic rings. The van der Waals surface area contributed by atoms with Crippen molar-refractivity contribution in [2.45, 2.75) is 56.6 Å². The minimum atomic E-state index is -3.30. The normalized spacial score (nSPS) is 19.1. The number of aromatic nitrogens is 1. The van der Waals surface area contributed by atoms with Gasteiger partial charge in [-0.15, -0.1) is 0 Å². The maximum atomic E-state index is 12.8. The molecule has 0 spiro atoms. The van der Waals surface area contributed by atoms with E-state index in [0.29, 0.717) is 18.0 Å². The van der Waals surface area contributed by atoms with E-state index in [9.17, 15) is 8.42 Å². The Labute approximate surface area is 184 Å². The van der Waals surface area contributed by atoms with Crippen LogP contribution in [0.15, 0.2) is 53.4 Å². The Hall–Kier alpha value is -2.60. The number of anilines is 1. The molecule has 0 saturated heterocycles.